The summed E-state index contributed by atoms with van der Waals surface area (Å²) < 4.78 is 0. The molecule has 0 saturated carbocycles. The molecule has 1 fully saturated rings. The molecule has 1 aliphatic heterocycles. The smallest absolute Gasteiger partial charge is 0.238 e. The van der Waals surface area contributed by atoms with Crippen molar-refractivity contribution in [1.82, 2.24) is 4.90 Å². The Morgan fingerprint density at radius 1 is 1.38 bits per heavy atom. The number of nitrogens with zero attached hydrogens (tertiary/aromatic N) is 1. The van der Waals surface area contributed by atoms with Gasteiger partial charge in [-0.25, -0.2) is 0 Å². The molecule has 0 aromatic heterocycles. The summed E-state index contributed by atoms with van der Waals surface area (Å²) in [6.45, 7) is 3.75. The molecule has 1 heterocycles. The Morgan fingerprint density at radius 3 is 2.86 bits per heavy atom. The number of anilines is 1. The Morgan fingerprint density at radius 2 is 2.14 bits per heavy atom. The van der Waals surface area contributed by atoms with Crippen LogP contribution in [0.4, 0.5) is 5.69 Å². The number of carbonyl (C=O) groups excluding carboxylic acids is 2. The highest BCUT2D eigenvalue weighted by molar-refractivity contribution is 6.04. The Kier molecular flexibility index (Phi) is 5.47. The van der Waals surface area contributed by atoms with Gasteiger partial charge < -0.3 is 10.4 Å². The molecule has 2 rings (SSSR count). The largest absolute Gasteiger partial charge is 0.396 e. The molecule has 1 aromatic carbocycles. The molecule has 1 amide bonds. The summed E-state index contributed by atoms with van der Waals surface area (Å²) in [6, 6.07) is 7.04. The molecular weight excluding hydrogens is 268 g/mol. The van der Waals surface area contributed by atoms with Crippen LogP contribution in [0.25, 0.3) is 0 Å². The standard InChI is InChI=1S/C16H22N2O3/c1-12(20)14-4-2-3-5-15(14)17-16(21)11-18-8-6-13(10-18)7-9-19/h2-5,13,19H,6-11H2,1H3,(H,17,21). The minimum absolute atomic E-state index is 0.0601. The summed E-state index contributed by atoms with van der Waals surface area (Å²) in [5.74, 6) is 0.315. The van der Waals surface area contributed by atoms with Crippen molar-refractivity contribution in [3.63, 3.8) is 0 Å². The Hall–Kier alpha value is -1.72. The summed E-state index contributed by atoms with van der Waals surface area (Å²) in [5.41, 5.74) is 1.10. The van der Waals surface area contributed by atoms with Crippen LogP contribution in [0, 0.1) is 5.92 Å². The lowest BCUT2D eigenvalue weighted by molar-refractivity contribution is -0.117. The lowest BCUT2D eigenvalue weighted by atomic mass is 10.1. The van der Waals surface area contributed by atoms with E-state index in [1.54, 1.807) is 24.3 Å². The fourth-order valence-corrected chi connectivity index (χ4v) is 2.77. The van der Waals surface area contributed by atoms with Crippen LogP contribution in [0.3, 0.4) is 0 Å². The average molecular weight is 290 g/mol. The SMILES string of the molecule is CC(=O)c1ccccc1NC(=O)CN1CCC(CCO)C1. The van der Waals surface area contributed by atoms with Gasteiger partial charge in [0.25, 0.3) is 0 Å². The summed E-state index contributed by atoms with van der Waals surface area (Å²) in [7, 11) is 0. The monoisotopic (exact) mass is 290 g/mol. The predicted octanol–water partition coefficient (Wildman–Crippen LogP) is 1.53. The number of rotatable bonds is 6. The fourth-order valence-electron chi connectivity index (χ4n) is 2.77. The second-order valence-corrected chi connectivity index (χ2v) is 5.55. The van der Waals surface area contributed by atoms with Gasteiger partial charge in [0.15, 0.2) is 5.78 Å². The lowest BCUT2D eigenvalue weighted by Gasteiger charge is -2.16. The maximum Gasteiger partial charge on any atom is 0.238 e. The zero-order chi connectivity index (χ0) is 15.2. The zero-order valence-electron chi connectivity index (χ0n) is 12.3. The van der Waals surface area contributed by atoms with E-state index in [1.807, 2.05) is 0 Å². The molecule has 1 aliphatic rings. The first-order chi connectivity index (χ1) is 10.1. The van der Waals surface area contributed by atoms with E-state index < -0.39 is 0 Å². The number of amides is 1. The molecule has 1 saturated heterocycles. The third-order valence-electron chi connectivity index (χ3n) is 3.85. The minimum Gasteiger partial charge on any atom is -0.396 e. The van der Waals surface area contributed by atoms with Gasteiger partial charge in [0.05, 0.1) is 12.2 Å². The molecule has 5 nitrogen and oxygen atoms in total. The van der Waals surface area contributed by atoms with Crippen molar-refractivity contribution in [3.8, 4) is 0 Å². The molecule has 1 aromatic rings. The van der Waals surface area contributed by atoms with Gasteiger partial charge in [-0.05, 0) is 44.4 Å². The van der Waals surface area contributed by atoms with Gasteiger partial charge in [-0.15, -0.1) is 0 Å². The third kappa shape index (κ3) is 4.37. The summed E-state index contributed by atoms with van der Waals surface area (Å²) in [5, 5.41) is 11.8. The third-order valence-corrected chi connectivity index (χ3v) is 3.85. The van der Waals surface area contributed by atoms with Crippen molar-refractivity contribution in [3.05, 3.63) is 29.8 Å². The first kappa shape index (κ1) is 15.7. The Labute approximate surface area is 125 Å². The highest BCUT2D eigenvalue weighted by Gasteiger charge is 2.23. The van der Waals surface area contributed by atoms with E-state index in [4.69, 9.17) is 5.11 Å². The van der Waals surface area contributed by atoms with Crippen LogP contribution in [0.1, 0.15) is 30.1 Å². The minimum atomic E-state index is -0.103. The second kappa shape index (κ2) is 7.33. The van der Waals surface area contributed by atoms with Crippen LogP contribution in [-0.4, -0.2) is 47.9 Å². The summed E-state index contributed by atoms with van der Waals surface area (Å²) in [6.07, 6.45) is 1.82. The number of hydrogen-bond acceptors (Lipinski definition) is 4. The molecule has 0 radical (unpaired) electrons. The summed E-state index contributed by atoms with van der Waals surface area (Å²) >= 11 is 0. The van der Waals surface area contributed by atoms with Crippen molar-refractivity contribution < 1.29 is 14.7 Å². The topological polar surface area (TPSA) is 69.6 Å². The lowest BCUT2D eigenvalue weighted by Crippen LogP contribution is -2.32. The number of nitrogens with one attached hydrogen (secondary N) is 1. The van der Waals surface area contributed by atoms with E-state index in [9.17, 15) is 9.59 Å². The predicted molar refractivity (Wildman–Crippen MR) is 81.3 cm³/mol. The first-order valence-corrected chi connectivity index (χ1v) is 7.33. The van der Waals surface area contributed by atoms with E-state index in [0.29, 0.717) is 23.7 Å². The quantitative estimate of drug-likeness (QED) is 0.780. The number of aliphatic hydroxyl groups is 1. The van der Waals surface area contributed by atoms with Gasteiger partial charge in [-0.3, -0.25) is 14.5 Å². The van der Waals surface area contributed by atoms with Gasteiger partial charge in [-0.2, -0.15) is 0 Å². The van der Waals surface area contributed by atoms with E-state index in [0.717, 1.165) is 25.9 Å². The van der Waals surface area contributed by atoms with E-state index >= 15 is 0 Å². The van der Waals surface area contributed by atoms with Gasteiger partial charge in [-0.1, -0.05) is 12.1 Å². The molecule has 2 N–H and O–H groups in total. The molecule has 5 heteroatoms. The van der Waals surface area contributed by atoms with E-state index in [-0.39, 0.29) is 18.3 Å². The van der Waals surface area contributed by atoms with Crippen LogP contribution in [0.15, 0.2) is 24.3 Å². The molecule has 114 valence electrons. The number of para-hydroxylation sites is 1. The van der Waals surface area contributed by atoms with Crippen LogP contribution in [0.2, 0.25) is 0 Å². The van der Waals surface area contributed by atoms with Crippen LogP contribution >= 0.6 is 0 Å². The Bertz CT molecular complexity index is 516. The number of carbonyl (C=O) groups is 2. The van der Waals surface area contributed by atoms with Crippen LogP contribution < -0.4 is 5.32 Å². The molecule has 1 atom stereocenters. The van der Waals surface area contributed by atoms with Gasteiger partial charge >= 0.3 is 0 Å². The van der Waals surface area contributed by atoms with Crippen molar-refractivity contribution in [2.75, 3.05) is 31.6 Å². The van der Waals surface area contributed by atoms with Gasteiger partial charge in [0, 0.05) is 18.7 Å². The maximum absolute atomic E-state index is 12.1. The molecule has 0 bridgehead atoms. The highest BCUT2D eigenvalue weighted by Crippen LogP contribution is 2.19. The van der Waals surface area contributed by atoms with Crippen molar-refractivity contribution >= 4 is 17.4 Å². The molecule has 0 spiro atoms. The number of benzene rings is 1. The number of hydrogen-bond donors (Lipinski definition) is 2. The molecule has 1 unspecified atom stereocenters. The Balaban J connectivity index is 1.90. The zero-order valence-corrected chi connectivity index (χ0v) is 12.3. The number of aliphatic hydroxyl groups excluding tert-OH is 1. The normalized spacial score (nSPS) is 18.7. The second-order valence-electron chi connectivity index (χ2n) is 5.55. The van der Waals surface area contributed by atoms with Gasteiger partial charge in [0.2, 0.25) is 5.91 Å². The maximum atomic E-state index is 12.1. The number of likely N-dealkylation sites (tertiary alicyclic amines) is 1. The highest BCUT2D eigenvalue weighted by atomic mass is 16.3. The molecular formula is C16H22N2O3. The van der Waals surface area contributed by atoms with Crippen molar-refractivity contribution in [1.29, 1.82) is 0 Å². The fraction of sp³-hybridized carbons (Fsp3) is 0.500. The van der Waals surface area contributed by atoms with Crippen LogP contribution in [0.5, 0.6) is 0 Å². The number of ketones is 1. The number of Topliss-reactive ketones (excluding diaryl/α,β-unsaturated/α-hetero) is 1. The van der Waals surface area contributed by atoms with Crippen LogP contribution in [-0.2, 0) is 4.79 Å². The molecule has 0 aliphatic carbocycles. The summed E-state index contributed by atoms with van der Waals surface area (Å²) in [4.78, 5) is 25.7. The molecule has 21 heavy (non-hydrogen) atoms. The van der Waals surface area contributed by atoms with Crippen molar-refractivity contribution in [2.45, 2.75) is 19.8 Å². The first-order valence-electron chi connectivity index (χ1n) is 7.33. The van der Waals surface area contributed by atoms with Crippen molar-refractivity contribution in [2.24, 2.45) is 5.92 Å². The van der Waals surface area contributed by atoms with E-state index in [1.165, 1.54) is 6.92 Å². The van der Waals surface area contributed by atoms with Gasteiger partial charge in [0.1, 0.15) is 0 Å². The average Bonchev–Trinajstić information content (AvgIpc) is 2.86. The van der Waals surface area contributed by atoms with E-state index in [2.05, 4.69) is 10.2 Å².